The maximum absolute atomic E-state index is 9.45. The van der Waals surface area contributed by atoms with Crippen LogP contribution < -0.4 is 11.1 Å². The van der Waals surface area contributed by atoms with Crippen LogP contribution in [0, 0.1) is 5.92 Å². The molecular weight excluding hydrogens is 154 g/mol. The van der Waals surface area contributed by atoms with Crippen LogP contribution in [0.2, 0.25) is 0 Å². The fraction of sp³-hybridized carbons (Fsp3) is 0.875. The van der Waals surface area contributed by atoms with Crippen molar-refractivity contribution in [2.75, 3.05) is 13.6 Å². The van der Waals surface area contributed by atoms with Gasteiger partial charge in [0, 0.05) is 19.5 Å². The van der Waals surface area contributed by atoms with Crippen molar-refractivity contribution in [1.29, 1.82) is 0 Å². The number of aliphatic imine (C=N–C) groups is 1. The molecule has 0 saturated heterocycles. The molecule has 4 heteroatoms. The topological polar surface area (TPSA) is 70.6 Å². The molecule has 0 heterocycles. The summed E-state index contributed by atoms with van der Waals surface area (Å²) >= 11 is 0. The zero-order valence-electron chi connectivity index (χ0n) is 7.45. The molecule has 2 unspecified atom stereocenters. The van der Waals surface area contributed by atoms with E-state index in [1.165, 1.54) is 0 Å². The molecule has 0 aliphatic heterocycles. The predicted molar refractivity (Wildman–Crippen MR) is 48.9 cm³/mol. The van der Waals surface area contributed by atoms with Crippen molar-refractivity contribution in [1.82, 2.24) is 5.32 Å². The Morgan fingerprint density at radius 3 is 2.92 bits per heavy atom. The van der Waals surface area contributed by atoms with Crippen LogP contribution in [0.4, 0.5) is 0 Å². The monoisotopic (exact) mass is 171 g/mol. The van der Waals surface area contributed by atoms with Crippen LogP contribution in [0.1, 0.15) is 19.3 Å². The Hall–Kier alpha value is -0.770. The quantitative estimate of drug-likeness (QED) is 0.394. The SMILES string of the molecule is CN=C(N)NCC1CCCC1O. The lowest BCUT2D eigenvalue weighted by Gasteiger charge is -2.14. The number of nitrogens with zero attached hydrogens (tertiary/aromatic N) is 1. The molecule has 2 atom stereocenters. The van der Waals surface area contributed by atoms with Gasteiger partial charge in [0.1, 0.15) is 0 Å². The number of hydrogen-bond acceptors (Lipinski definition) is 2. The number of aliphatic hydroxyl groups excluding tert-OH is 1. The molecule has 0 aromatic rings. The molecule has 70 valence electrons. The Morgan fingerprint density at radius 2 is 2.42 bits per heavy atom. The second kappa shape index (κ2) is 4.30. The number of nitrogens with one attached hydrogen (secondary N) is 1. The van der Waals surface area contributed by atoms with Gasteiger partial charge in [-0.05, 0) is 12.8 Å². The van der Waals surface area contributed by atoms with Gasteiger partial charge in [-0.15, -0.1) is 0 Å². The van der Waals surface area contributed by atoms with Crippen molar-refractivity contribution < 1.29 is 5.11 Å². The molecule has 0 radical (unpaired) electrons. The minimum absolute atomic E-state index is 0.151. The van der Waals surface area contributed by atoms with Gasteiger partial charge >= 0.3 is 0 Å². The van der Waals surface area contributed by atoms with Gasteiger partial charge in [-0.2, -0.15) is 0 Å². The third-order valence-electron chi connectivity index (χ3n) is 2.41. The summed E-state index contributed by atoms with van der Waals surface area (Å²) in [7, 11) is 1.65. The van der Waals surface area contributed by atoms with Crippen LogP contribution in [0.5, 0.6) is 0 Å². The van der Waals surface area contributed by atoms with Gasteiger partial charge in [-0.25, -0.2) is 0 Å². The molecule has 0 aromatic carbocycles. The predicted octanol–water partition coefficient (Wildman–Crippen LogP) is -0.318. The molecule has 1 aliphatic carbocycles. The van der Waals surface area contributed by atoms with E-state index in [1.54, 1.807) is 7.05 Å². The van der Waals surface area contributed by atoms with Crippen molar-refractivity contribution in [3.8, 4) is 0 Å². The second-order valence-electron chi connectivity index (χ2n) is 3.25. The summed E-state index contributed by atoms with van der Waals surface area (Å²) in [6, 6.07) is 0. The number of hydrogen-bond donors (Lipinski definition) is 3. The third kappa shape index (κ3) is 2.37. The highest BCUT2D eigenvalue weighted by atomic mass is 16.3. The van der Waals surface area contributed by atoms with E-state index >= 15 is 0 Å². The summed E-state index contributed by atoms with van der Waals surface area (Å²) in [4.78, 5) is 3.78. The first-order valence-electron chi connectivity index (χ1n) is 4.38. The van der Waals surface area contributed by atoms with Gasteiger partial charge in [-0.1, -0.05) is 6.42 Å². The van der Waals surface area contributed by atoms with Crippen LogP contribution >= 0.6 is 0 Å². The Kier molecular flexibility index (Phi) is 3.34. The van der Waals surface area contributed by atoms with E-state index in [1.807, 2.05) is 0 Å². The maximum atomic E-state index is 9.45. The Labute approximate surface area is 72.9 Å². The van der Waals surface area contributed by atoms with E-state index in [9.17, 15) is 5.11 Å². The van der Waals surface area contributed by atoms with Crippen molar-refractivity contribution in [3.05, 3.63) is 0 Å². The first kappa shape index (κ1) is 9.32. The number of rotatable bonds is 2. The van der Waals surface area contributed by atoms with Gasteiger partial charge in [0.05, 0.1) is 6.10 Å². The molecule has 1 saturated carbocycles. The minimum atomic E-state index is -0.151. The van der Waals surface area contributed by atoms with E-state index in [0.29, 0.717) is 11.9 Å². The van der Waals surface area contributed by atoms with E-state index in [2.05, 4.69) is 10.3 Å². The van der Waals surface area contributed by atoms with E-state index in [-0.39, 0.29) is 6.10 Å². The molecule has 1 aliphatic rings. The maximum Gasteiger partial charge on any atom is 0.188 e. The smallest absolute Gasteiger partial charge is 0.188 e. The molecule has 0 bridgehead atoms. The number of nitrogens with two attached hydrogens (primary N) is 1. The van der Waals surface area contributed by atoms with Crippen LogP contribution in [0.25, 0.3) is 0 Å². The number of aliphatic hydroxyl groups is 1. The fourth-order valence-corrected chi connectivity index (χ4v) is 1.57. The molecule has 1 fully saturated rings. The summed E-state index contributed by atoms with van der Waals surface area (Å²) in [6.07, 6.45) is 2.99. The molecule has 1 rings (SSSR count). The van der Waals surface area contributed by atoms with Crippen LogP contribution in [-0.4, -0.2) is 30.8 Å². The van der Waals surface area contributed by atoms with Gasteiger partial charge in [0.2, 0.25) is 0 Å². The van der Waals surface area contributed by atoms with E-state index in [0.717, 1.165) is 25.8 Å². The summed E-state index contributed by atoms with van der Waals surface area (Å²) in [6.45, 7) is 0.740. The van der Waals surface area contributed by atoms with Gasteiger partial charge in [0.15, 0.2) is 5.96 Å². The lowest BCUT2D eigenvalue weighted by Crippen LogP contribution is -2.37. The first-order valence-corrected chi connectivity index (χ1v) is 4.38. The molecule has 12 heavy (non-hydrogen) atoms. The average Bonchev–Trinajstić information content (AvgIpc) is 2.47. The Bertz CT molecular complexity index is 170. The van der Waals surface area contributed by atoms with Crippen molar-refractivity contribution >= 4 is 5.96 Å². The Balaban J connectivity index is 2.22. The summed E-state index contributed by atoms with van der Waals surface area (Å²) in [5.74, 6) is 0.805. The lowest BCUT2D eigenvalue weighted by molar-refractivity contribution is 0.134. The highest BCUT2D eigenvalue weighted by Gasteiger charge is 2.24. The normalized spacial score (nSPS) is 30.7. The first-order chi connectivity index (χ1) is 5.74. The summed E-state index contributed by atoms with van der Waals surface area (Å²) in [5, 5.41) is 12.4. The molecule has 4 N–H and O–H groups in total. The molecule has 0 spiro atoms. The third-order valence-corrected chi connectivity index (χ3v) is 2.41. The Morgan fingerprint density at radius 1 is 1.67 bits per heavy atom. The lowest BCUT2D eigenvalue weighted by atomic mass is 10.1. The van der Waals surface area contributed by atoms with Crippen molar-refractivity contribution in [3.63, 3.8) is 0 Å². The number of guanidine groups is 1. The zero-order valence-corrected chi connectivity index (χ0v) is 7.45. The van der Waals surface area contributed by atoms with Gasteiger partial charge < -0.3 is 16.2 Å². The van der Waals surface area contributed by atoms with Crippen LogP contribution in [0.15, 0.2) is 4.99 Å². The van der Waals surface area contributed by atoms with Crippen molar-refractivity contribution in [2.24, 2.45) is 16.6 Å². The molecule has 0 amide bonds. The minimum Gasteiger partial charge on any atom is -0.393 e. The van der Waals surface area contributed by atoms with Gasteiger partial charge in [0.25, 0.3) is 0 Å². The summed E-state index contributed by atoms with van der Waals surface area (Å²) < 4.78 is 0. The standard InChI is InChI=1S/C8H17N3O/c1-10-8(9)11-5-6-3-2-4-7(6)12/h6-7,12H,2-5H2,1H3,(H3,9,10,11). The fourth-order valence-electron chi connectivity index (χ4n) is 1.57. The largest absolute Gasteiger partial charge is 0.393 e. The molecule has 0 aromatic heterocycles. The van der Waals surface area contributed by atoms with Crippen LogP contribution in [0.3, 0.4) is 0 Å². The van der Waals surface area contributed by atoms with E-state index < -0.39 is 0 Å². The second-order valence-corrected chi connectivity index (χ2v) is 3.25. The zero-order chi connectivity index (χ0) is 8.97. The highest BCUT2D eigenvalue weighted by molar-refractivity contribution is 5.77. The van der Waals surface area contributed by atoms with Crippen LogP contribution in [-0.2, 0) is 0 Å². The van der Waals surface area contributed by atoms with Gasteiger partial charge in [-0.3, -0.25) is 4.99 Å². The van der Waals surface area contributed by atoms with Crippen molar-refractivity contribution in [2.45, 2.75) is 25.4 Å². The van der Waals surface area contributed by atoms with E-state index in [4.69, 9.17) is 5.73 Å². The molecular formula is C8H17N3O. The summed E-state index contributed by atoms with van der Waals surface area (Å²) in [5.41, 5.74) is 5.45. The highest BCUT2D eigenvalue weighted by Crippen LogP contribution is 2.24. The molecule has 4 nitrogen and oxygen atoms in total. The average molecular weight is 171 g/mol.